The van der Waals surface area contributed by atoms with E-state index in [1.807, 2.05) is 31.9 Å². The molecule has 2 rings (SSSR count). The fourth-order valence-electron chi connectivity index (χ4n) is 2.18. The molecule has 1 N–H and O–H groups in total. The fourth-order valence-corrected chi connectivity index (χ4v) is 2.18. The van der Waals surface area contributed by atoms with Crippen LogP contribution < -0.4 is 10.1 Å². The number of hydrogen-bond acceptors (Lipinski definition) is 4. The maximum Gasteiger partial charge on any atom is 0.216 e. The molecule has 0 radical (unpaired) electrons. The number of aryl methyl sites for hydroxylation is 3. The Labute approximate surface area is 113 Å². The molecule has 0 bridgehead atoms. The van der Waals surface area contributed by atoms with E-state index in [1.54, 1.807) is 11.8 Å². The first-order chi connectivity index (χ1) is 9.04. The van der Waals surface area contributed by atoms with Gasteiger partial charge in [-0.25, -0.2) is 4.68 Å². The molecule has 0 fully saturated rings. The van der Waals surface area contributed by atoms with Crippen LogP contribution in [0.15, 0.2) is 6.20 Å². The van der Waals surface area contributed by atoms with Crippen LogP contribution in [0.2, 0.25) is 0 Å². The summed E-state index contributed by atoms with van der Waals surface area (Å²) in [4.78, 5) is 0. The predicted octanol–water partition coefficient (Wildman–Crippen LogP) is 1.07. The number of rotatable bonds is 5. The van der Waals surface area contributed by atoms with Crippen LogP contribution in [0, 0.1) is 13.8 Å². The average Bonchev–Trinajstić information content (AvgIpc) is 2.83. The monoisotopic (exact) mass is 263 g/mol. The molecule has 0 atom stereocenters. The molecule has 104 valence electrons. The molecule has 0 spiro atoms. The fraction of sp³-hybridized carbons (Fsp3) is 0.538. The van der Waals surface area contributed by atoms with Gasteiger partial charge in [0.25, 0.3) is 0 Å². The molecule has 0 aliphatic carbocycles. The highest BCUT2D eigenvalue weighted by atomic mass is 16.5. The molecule has 0 aliphatic rings. The van der Waals surface area contributed by atoms with Crippen LogP contribution >= 0.6 is 0 Å². The molecule has 2 heterocycles. The summed E-state index contributed by atoms with van der Waals surface area (Å²) in [5.41, 5.74) is 4.49. The standard InChI is InChI=1S/C13H21N5O/c1-9-12(13(19-5)18(4)16-9)8-14-6-11-7-15-17(3)10(11)2/h7,14H,6,8H2,1-5H3. The molecule has 19 heavy (non-hydrogen) atoms. The summed E-state index contributed by atoms with van der Waals surface area (Å²) < 4.78 is 9.02. The van der Waals surface area contributed by atoms with Crippen molar-refractivity contribution >= 4 is 0 Å². The second kappa shape index (κ2) is 5.44. The van der Waals surface area contributed by atoms with Gasteiger partial charge in [-0.15, -0.1) is 0 Å². The van der Waals surface area contributed by atoms with E-state index in [1.165, 1.54) is 11.3 Å². The third kappa shape index (κ3) is 2.63. The van der Waals surface area contributed by atoms with Crippen LogP contribution in [0.3, 0.4) is 0 Å². The normalized spacial score (nSPS) is 11.0. The van der Waals surface area contributed by atoms with E-state index in [0.717, 1.165) is 30.2 Å². The lowest BCUT2D eigenvalue weighted by molar-refractivity contribution is 0.368. The summed E-state index contributed by atoms with van der Waals surface area (Å²) in [5, 5.41) is 12.0. The van der Waals surface area contributed by atoms with Crippen molar-refractivity contribution in [1.82, 2.24) is 24.9 Å². The van der Waals surface area contributed by atoms with Crippen LogP contribution in [-0.4, -0.2) is 26.7 Å². The highest BCUT2D eigenvalue weighted by molar-refractivity contribution is 5.30. The molecule has 6 nitrogen and oxygen atoms in total. The Morgan fingerprint density at radius 1 is 1.21 bits per heavy atom. The maximum absolute atomic E-state index is 5.37. The van der Waals surface area contributed by atoms with Crippen molar-refractivity contribution in [2.75, 3.05) is 7.11 Å². The molecular weight excluding hydrogens is 242 g/mol. The van der Waals surface area contributed by atoms with Crippen molar-refractivity contribution in [3.05, 3.63) is 28.7 Å². The molecular formula is C13H21N5O. The summed E-state index contributed by atoms with van der Waals surface area (Å²) >= 11 is 0. The number of hydrogen-bond donors (Lipinski definition) is 1. The Hall–Kier alpha value is -1.82. The summed E-state index contributed by atoms with van der Waals surface area (Å²) in [6, 6.07) is 0. The molecule has 2 aromatic heterocycles. The van der Waals surface area contributed by atoms with Crippen LogP contribution in [0.4, 0.5) is 0 Å². The lowest BCUT2D eigenvalue weighted by Gasteiger charge is -2.07. The van der Waals surface area contributed by atoms with E-state index in [-0.39, 0.29) is 0 Å². The van der Waals surface area contributed by atoms with Crippen molar-refractivity contribution < 1.29 is 4.74 Å². The van der Waals surface area contributed by atoms with Crippen molar-refractivity contribution in [2.45, 2.75) is 26.9 Å². The van der Waals surface area contributed by atoms with Crippen LogP contribution in [0.5, 0.6) is 5.88 Å². The number of aromatic nitrogens is 4. The highest BCUT2D eigenvalue weighted by Crippen LogP contribution is 2.20. The van der Waals surface area contributed by atoms with Gasteiger partial charge in [0.05, 0.1) is 24.6 Å². The van der Waals surface area contributed by atoms with Crippen molar-refractivity contribution in [3.63, 3.8) is 0 Å². The Morgan fingerprint density at radius 3 is 2.53 bits per heavy atom. The minimum absolute atomic E-state index is 0.733. The van der Waals surface area contributed by atoms with Crippen LogP contribution in [-0.2, 0) is 27.2 Å². The SMILES string of the molecule is COc1c(CNCc2cnn(C)c2C)c(C)nn1C. The lowest BCUT2D eigenvalue weighted by Crippen LogP contribution is -2.14. The Kier molecular flexibility index (Phi) is 3.90. The Balaban J connectivity index is 2.02. The predicted molar refractivity (Wildman–Crippen MR) is 73.0 cm³/mol. The molecule has 0 aromatic carbocycles. The molecule has 0 saturated heterocycles. The summed E-state index contributed by atoms with van der Waals surface area (Å²) in [6.07, 6.45) is 1.90. The zero-order valence-corrected chi connectivity index (χ0v) is 12.2. The Bertz CT molecular complexity index is 570. The van der Waals surface area contributed by atoms with Gasteiger partial charge in [-0.1, -0.05) is 0 Å². The number of ether oxygens (including phenoxy) is 1. The first-order valence-corrected chi connectivity index (χ1v) is 6.29. The van der Waals surface area contributed by atoms with Crippen molar-refractivity contribution in [1.29, 1.82) is 0 Å². The van der Waals surface area contributed by atoms with E-state index in [9.17, 15) is 0 Å². The lowest BCUT2D eigenvalue weighted by atomic mass is 10.2. The minimum Gasteiger partial charge on any atom is -0.481 e. The number of nitrogens with zero attached hydrogens (tertiary/aromatic N) is 4. The van der Waals surface area contributed by atoms with Gasteiger partial charge in [0.1, 0.15) is 0 Å². The van der Waals surface area contributed by atoms with Gasteiger partial charge in [-0.2, -0.15) is 10.2 Å². The topological polar surface area (TPSA) is 56.9 Å². The van der Waals surface area contributed by atoms with Gasteiger partial charge in [0, 0.05) is 38.4 Å². The smallest absolute Gasteiger partial charge is 0.216 e. The second-order valence-electron chi connectivity index (χ2n) is 4.68. The minimum atomic E-state index is 0.733. The molecule has 0 aliphatic heterocycles. The molecule has 2 aromatic rings. The van der Waals surface area contributed by atoms with Crippen LogP contribution in [0.1, 0.15) is 22.5 Å². The number of nitrogens with one attached hydrogen (secondary N) is 1. The third-order valence-corrected chi connectivity index (χ3v) is 3.44. The van der Waals surface area contributed by atoms with Gasteiger partial charge in [-0.05, 0) is 13.8 Å². The van der Waals surface area contributed by atoms with E-state index >= 15 is 0 Å². The van der Waals surface area contributed by atoms with Crippen LogP contribution in [0.25, 0.3) is 0 Å². The van der Waals surface area contributed by atoms with E-state index in [2.05, 4.69) is 22.4 Å². The molecule has 0 saturated carbocycles. The van der Waals surface area contributed by atoms with Gasteiger partial charge in [-0.3, -0.25) is 4.68 Å². The Morgan fingerprint density at radius 2 is 1.95 bits per heavy atom. The first-order valence-electron chi connectivity index (χ1n) is 6.29. The van der Waals surface area contributed by atoms with Crippen molar-refractivity contribution in [2.24, 2.45) is 14.1 Å². The third-order valence-electron chi connectivity index (χ3n) is 3.44. The number of methoxy groups -OCH3 is 1. The van der Waals surface area contributed by atoms with Gasteiger partial charge in [0.15, 0.2) is 0 Å². The van der Waals surface area contributed by atoms with Gasteiger partial charge >= 0.3 is 0 Å². The van der Waals surface area contributed by atoms with Crippen molar-refractivity contribution in [3.8, 4) is 5.88 Å². The average molecular weight is 263 g/mol. The summed E-state index contributed by atoms with van der Waals surface area (Å²) in [6.45, 7) is 5.59. The largest absolute Gasteiger partial charge is 0.481 e. The van der Waals surface area contributed by atoms with Gasteiger partial charge in [0.2, 0.25) is 5.88 Å². The van der Waals surface area contributed by atoms with E-state index in [4.69, 9.17) is 4.74 Å². The summed E-state index contributed by atoms with van der Waals surface area (Å²) in [5.74, 6) is 0.813. The zero-order chi connectivity index (χ0) is 14.0. The van der Waals surface area contributed by atoms with E-state index < -0.39 is 0 Å². The molecule has 6 heteroatoms. The summed E-state index contributed by atoms with van der Waals surface area (Å²) in [7, 11) is 5.51. The first kappa shape index (κ1) is 13.6. The zero-order valence-electron chi connectivity index (χ0n) is 12.2. The van der Waals surface area contributed by atoms with E-state index in [0.29, 0.717) is 0 Å². The second-order valence-corrected chi connectivity index (χ2v) is 4.68. The molecule has 0 unspecified atom stereocenters. The van der Waals surface area contributed by atoms with Gasteiger partial charge < -0.3 is 10.1 Å². The quantitative estimate of drug-likeness (QED) is 0.876. The highest BCUT2D eigenvalue weighted by Gasteiger charge is 2.13. The molecule has 0 amide bonds. The maximum atomic E-state index is 5.37.